The minimum Gasteiger partial charge on any atom is -0.462 e. The highest BCUT2D eigenvalue weighted by Gasteiger charge is 2.19. The van der Waals surface area contributed by atoms with E-state index in [4.69, 9.17) is 14.2 Å². The molecule has 0 aliphatic heterocycles. The Hall–Kier alpha value is -2.89. The molecule has 0 fully saturated rings. The van der Waals surface area contributed by atoms with Crippen molar-refractivity contribution in [3.05, 3.63) is 60.8 Å². The number of hydrogen-bond acceptors (Lipinski definition) is 6. The van der Waals surface area contributed by atoms with Gasteiger partial charge in [0, 0.05) is 19.3 Å². The number of carbonyl (C=O) groups excluding carboxylic acids is 3. The second-order valence-electron chi connectivity index (χ2n) is 21.3. The third kappa shape index (κ3) is 59.9. The zero-order valence-electron chi connectivity index (χ0n) is 48.7. The van der Waals surface area contributed by atoms with Gasteiger partial charge in [-0.25, -0.2) is 0 Å². The van der Waals surface area contributed by atoms with Crippen LogP contribution < -0.4 is 0 Å². The van der Waals surface area contributed by atoms with Gasteiger partial charge >= 0.3 is 17.9 Å². The van der Waals surface area contributed by atoms with Gasteiger partial charge in [-0.05, 0) is 83.5 Å². The van der Waals surface area contributed by atoms with Gasteiger partial charge in [0.05, 0.1) is 0 Å². The molecule has 0 unspecified atom stereocenters. The summed E-state index contributed by atoms with van der Waals surface area (Å²) in [7, 11) is 0. The number of hydrogen-bond donors (Lipinski definition) is 0. The maximum absolute atomic E-state index is 12.9. The Labute approximate surface area is 453 Å². The summed E-state index contributed by atoms with van der Waals surface area (Å²) < 4.78 is 16.9. The molecule has 0 aliphatic rings. The van der Waals surface area contributed by atoms with Crippen molar-refractivity contribution in [1.82, 2.24) is 0 Å². The molecule has 424 valence electrons. The number of esters is 3. The van der Waals surface area contributed by atoms with Crippen molar-refractivity contribution in [2.45, 2.75) is 335 Å². The maximum atomic E-state index is 12.9. The van der Waals surface area contributed by atoms with Gasteiger partial charge in [-0.2, -0.15) is 0 Å². The number of allylic oxidation sites excluding steroid dienone is 10. The molecule has 0 aromatic heterocycles. The van der Waals surface area contributed by atoms with E-state index in [1.54, 1.807) is 0 Å². The van der Waals surface area contributed by atoms with Crippen molar-refractivity contribution >= 4 is 17.9 Å². The highest BCUT2D eigenvalue weighted by Crippen LogP contribution is 2.17. The molecule has 0 aliphatic carbocycles. The average molecular weight is 1020 g/mol. The van der Waals surface area contributed by atoms with E-state index in [1.807, 2.05) is 0 Å². The van der Waals surface area contributed by atoms with E-state index in [-0.39, 0.29) is 31.1 Å². The summed E-state index contributed by atoms with van der Waals surface area (Å²) in [5.41, 5.74) is 0. The fraction of sp³-hybridized carbons (Fsp3) is 0.806. The summed E-state index contributed by atoms with van der Waals surface area (Å²) in [6, 6.07) is 0. The van der Waals surface area contributed by atoms with Crippen molar-refractivity contribution in [3.63, 3.8) is 0 Å². The van der Waals surface area contributed by atoms with Gasteiger partial charge < -0.3 is 14.2 Å². The van der Waals surface area contributed by atoms with Gasteiger partial charge in [0.1, 0.15) is 13.2 Å². The molecule has 1 atom stereocenters. The van der Waals surface area contributed by atoms with E-state index in [9.17, 15) is 14.4 Å². The molecule has 0 amide bonds. The molecular weight excluding hydrogens is 901 g/mol. The van der Waals surface area contributed by atoms with Crippen LogP contribution in [-0.4, -0.2) is 37.2 Å². The highest BCUT2D eigenvalue weighted by molar-refractivity contribution is 5.71. The second kappa shape index (κ2) is 61.7. The van der Waals surface area contributed by atoms with Crippen LogP contribution in [0, 0.1) is 0 Å². The molecular formula is C67H120O6. The van der Waals surface area contributed by atoms with Crippen molar-refractivity contribution < 1.29 is 28.6 Å². The average Bonchev–Trinajstić information content (AvgIpc) is 3.39. The first kappa shape index (κ1) is 70.1. The smallest absolute Gasteiger partial charge is 0.306 e. The van der Waals surface area contributed by atoms with Gasteiger partial charge in [0.25, 0.3) is 0 Å². The molecule has 0 saturated heterocycles. The molecule has 73 heavy (non-hydrogen) atoms. The van der Waals surface area contributed by atoms with Crippen LogP contribution in [0.1, 0.15) is 329 Å². The standard InChI is InChI=1S/C67H120O6/c1-4-7-10-13-16-19-22-25-28-30-32-33-35-37-40-43-46-49-52-55-58-61-67(70)73-64(62-71-65(68)59-56-53-50-47-44-41-38-27-24-21-18-15-12-9-6-3)63-72-66(69)60-57-54-51-48-45-42-39-36-34-31-29-26-23-20-17-14-11-8-5-2/h9,12,18,21,25,27-28,38,44,47,64H,4-8,10-11,13-17,19-20,22-24,26,29-37,39-43,45-46,48-63H2,1-3H3/b12-9-,21-18-,28-25-,38-27-,47-44-/t64-/m1/s1. The molecule has 0 radical (unpaired) electrons. The van der Waals surface area contributed by atoms with Crippen LogP contribution in [0.3, 0.4) is 0 Å². The molecule has 0 saturated carbocycles. The largest absolute Gasteiger partial charge is 0.462 e. The molecule has 6 heteroatoms. The fourth-order valence-corrected chi connectivity index (χ4v) is 9.25. The second-order valence-corrected chi connectivity index (χ2v) is 21.3. The number of carbonyl (C=O) groups is 3. The zero-order chi connectivity index (χ0) is 52.9. The Bertz CT molecular complexity index is 1310. The van der Waals surface area contributed by atoms with Crippen LogP contribution in [0.5, 0.6) is 0 Å². The van der Waals surface area contributed by atoms with Crippen LogP contribution in [-0.2, 0) is 28.6 Å². The minimum atomic E-state index is -0.791. The maximum Gasteiger partial charge on any atom is 0.306 e. The van der Waals surface area contributed by atoms with Crippen LogP contribution in [0.2, 0.25) is 0 Å². The lowest BCUT2D eigenvalue weighted by atomic mass is 10.0. The third-order valence-corrected chi connectivity index (χ3v) is 14.0. The van der Waals surface area contributed by atoms with Gasteiger partial charge in [0.15, 0.2) is 6.10 Å². The Kier molecular flexibility index (Phi) is 59.2. The molecule has 0 heterocycles. The lowest BCUT2D eigenvalue weighted by molar-refractivity contribution is -0.167. The predicted molar refractivity (Wildman–Crippen MR) is 316 cm³/mol. The van der Waals surface area contributed by atoms with Crippen molar-refractivity contribution in [3.8, 4) is 0 Å². The molecule has 0 rings (SSSR count). The summed E-state index contributed by atoms with van der Waals surface area (Å²) in [6.07, 6.45) is 78.0. The quantitative estimate of drug-likeness (QED) is 0.0261. The monoisotopic (exact) mass is 1020 g/mol. The molecule has 0 N–H and O–H groups in total. The lowest BCUT2D eigenvalue weighted by Gasteiger charge is -2.18. The van der Waals surface area contributed by atoms with E-state index in [0.717, 1.165) is 83.5 Å². The zero-order valence-corrected chi connectivity index (χ0v) is 48.7. The van der Waals surface area contributed by atoms with Crippen LogP contribution in [0.25, 0.3) is 0 Å². The summed E-state index contributed by atoms with van der Waals surface area (Å²) in [5, 5.41) is 0. The molecule has 6 nitrogen and oxygen atoms in total. The Morgan fingerprint density at radius 3 is 0.877 bits per heavy atom. The van der Waals surface area contributed by atoms with Crippen molar-refractivity contribution in [2.24, 2.45) is 0 Å². The predicted octanol–water partition coefficient (Wildman–Crippen LogP) is 21.6. The first-order valence-electron chi connectivity index (χ1n) is 31.8. The van der Waals surface area contributed by atoms with Gasteiger partial charge in [0.2, 0.25) is 0 Å². The number of unbranched alkanes of at least 4 members (excludes halogenated alkanes) is 37. The number of ether oxygens (including phenoxy) is 3. The van der Waals surface area contributed by atoms with E-state index in [2.05, 4.69) is 81.5 Å². The summed E-state index contributed by atoms with van der Waals surface area (Å²) in [4.78, 5) is 38.3. The number of rotatable bonds is 58. The minimum absolute atomic E-state index is 0.0842. The van der Waals surface area contributed by atoms with Gasteiger partial charge in [-0.1, -0.05) is 287 Å². The summed E-state index contributed by atoms with van der Waals surface area (Å²) in [5.74, 6) is -0.910. The molecule has 0 aromatic carbocycles. The Morgan fingerprint density at radius 1 is 0.288 bits per heavy atom. The third-order valence-electron chi connectivity index (χ3n) is 14.0. The van der Waals surface area contributed by atoms with Gasteiger partial charge in [-0.15, -0.1) is 0 Å². The fourth-order valence-electron chi connectivity index (χ4n) is 9.25. The topological polar surface area (TPSA) is 78.9 Å². The van der Waals surface area contributed by atoms with E-state index < -0.39 is 6.10 Å². The van der Waals surface area contributed by atoms with Crippen LogP contribution >= 0.6 is 0 Å². The van der Waals surface area contributed by atoms with Crippen LogP contribution in [0.15, 0.2) is 60.8 Å². The molecule has 0 bridgehead atoms. The van der Waals surface area contributed by atoms with Crippen molar-refractivity contribution in [2.75, 3.05) is 13.2 Å². The molecule has 0 spiro atoms. The van der Waals surface area contributed by atoms with Crippen LogP contribution in [0.4, 0.5) is 0 Å². The van der Waals surface area contributed by atoms with E-state index in [1.165, 1.54) is 205 Å². The molecule has 0 aromatic rings. The SMILES string of the molecule is CC/C=C\C/C=C\C/C=C\C/C=C\CCCCC(=O)OC[C@H](COC(=O)CCCCCCCCCCCCCCCCCCCCC)OC(=O)CCCCCCCCCCCCC/C=C\CCCCCCCC. The van der Waals surface area contributed by atoms with E-state index in [0.29, 0.717) is 19.3 Å². The Balaban J connectivity index is 4.36. The lowest BCUT2D eigenvalue weighted by Crippen LogP contribution is -2.30. The van der Waals surface area contributed by atoms with Crippen molar-refractivity contribution in [1.29, 1.82) is 0 Å². The normalized spacial score (nSPS) is 12.4. The summed E-state index contributed by atoms with van der Waals surface area (Å²) >= 11 is 0. The van der Waals surface area contributed by atoms with E-state index >= 15 is 0 Å². The van der Waals surface area contributed by atoms with Gasteiger partial charge in [-0.3, -0.25) is 14.4 Å². The first-order chi connectivity index (χ1) is 36.0. The highest BCUT2D eigenvalue weighted by atomic mass is 16.6. The first-order valence-corrected chi connectivity index (χ1v) is 31.8. The Morgan fingerprint density at radius 2 is 0.534 bits per heavy atom. The summed E-state index contributed by atoms with van der Waals surface area (Å²) in [6.45, 7) is 6.54.